The number of ether oxygens (including phenoxy) is 7. The summed E-state index contributed by atoms with van der Waals surface area (Å²) >= 11 is 0. The number of carbonyl (C=O) groups excluding carboxylic acids is 9. The van der Waals surface area contributed by atoms with E-state index in [9.17, 15) is 89.1 Å². The molecule has 0 aliphatic carbocycles. The molecule has 0 aromatic rings. The maximum Gasteiger partial charge on any atom is 0.234 e. The average molecular weight is 1510 g/mol. The van der Waals surface area contributed by atoms with E-state index in [4.69, 9.17) is 33.2 Å². The van der Waals surface area contributed by atoms with Gasteiger partial charge in [-0.2, -0.15) is 0 Å². The standard InChI is InChI=1S/C69H123N7O25.C4H10/c1-45-61(89)63(91)52(42-77)99-67(45)96-36-17-5-8-26-56(85)71-33-16-13-25-51(83)50(24-12-15-32-72-58(87)29-20-23-48(81)30-39-95-4)76(41-59(88)74-35-21-34-73-57(86)28-9-6-18-37-97-68-46(2)62(90)64(92)53(43-78)100-68)40-49(82)22-11-14-31-70-55(84)27-10-7-19-38-98-69-60(75-47(3)80)66(94)65(93)54(44-79)101-69;1-4(2)3/h45-46,50,52-54,60-69,77-79,89-94H,5-44H2,1-4H3,(H,70,84)(H,71,85)(H,72,87)(H,73,86)(H,74,88)(H,75,80);4H,1-3H3. The van der Waals surface area contributed by atoms with Crippen LogP contribution in [0.3, 0.4) is 0 Å². The van der Waals surface area contributed by atoms with E-state index in [0.29, 0.717) is 122 Å². The number of hydrogen-bond acceptors (Lipinski definition) is 26. The van der Waals surface area contributed by atoms with Gasteiger partial charge in [0.05, 0.1) is 57.8 Å². The predicted octanol–water partition coefficient (Wildman–Crippen LogP) is 0.540. The number of aliphatic hydroxyl groups is 9. The van der Waals surface area contributed by atoms with Crippen molar-refractivity contribution in [1.82, 2.24) is 36.8 Å². The number of Topliss-reactive ketones (excluding diaryl/α,β-unsaturated/α-hetero) is 3. The lowest BCUT2D eigenvalue weighted by Gasteiger charge is -2.42. The first-order valence-corrected chi connectivity index (χ1v) is 38.3. The fraction of sp³-hybridized carbons (Fsp3) is 0.877. The van der Waals surface area contributed by atoms with E-state index >= 15 is 0 Å². The van der Waals surface area contributed by atoms with Crippen LogP contribution in [0.5, 0.6) is 0 Å². The van der Waals surface area contributed by atoms with Gasteiger partial charge in [0.15, 0.2) is 18.9 Å². The SMILES string of the molecule is CC(C)C.COCCC(=O)CCCC(=O)NCCCCC(C(=O)CCCCNC(=O)CCCCCOC1OC(CO)C(O)C(O)C1C)N(CC(=O)CCCCNC(=O)CCCCCOC1OC(CO)C(O)C(O)C1NC(C)=O)CC(=O)NCCCNC(=O)CCCCCOC1OC(CO)C(O)C(O)C1C. The zero-order chi connectivity index (χ0) is 78.1. The van der Waals surface area contributed by atoms with Gasteiger partial charge in [-0.3, -0.25) is 48.1 Å². The van der Waals surface area contributed by atoms with E-state index in [1.54, 1.807) is 18.7 Å². The van der Waals surface area contributed by atoms with Crippen molar-refractivity contribution in [2.45, 2.75) is 294 Å². The van der Waals surface area contributed by atoms with Crippen molar-refractivity contribution in [1.29, 1.82) is 0 Å². The van der Waals surface area contributed by atoms with Gasteiger partial charge in [0.25, 0.3) is 0 Å². The van der Waals surface area contributed by atoms with E-state index < -0.39 is 129 Å². The maximum atomic E-state index is 14.4. The molecule has 0 aromatic heterocycles. The highest BCUT2D eigenvalue weighted by atomic mass is 16.7. The number of unbranched alkanes of at least 4 members (excludes halogenated alkanes) is 9. The summed E-state index contributed by atoms with van der Waals surface area (Å²) in [6, 6.07) is -1.96. The van der Waals surface area contributed by atoms with Gasteiger partial charge < -0.3 is 111 Å². The van der Waals surface area contributed by atoms with Crippen molar-refractivity contribution >= 4 is 52.8 Å². The van der Waals surface area contributed by atoms with Crippen LogP contribution in [0.4, 0.5) is 0 Å². The zero-order valence-electron chi connectivity index (χ0n) is 63.6. The molecule has 16 unspecified atom stereocenters. The van der Waals surface area contributed by atoms with Gasteiger partial charge in [0, 0.05) is 130 Å². The largest absolute Gasteiger partial charge is 0.394 e. The van der Waals surface area contributed by atoms with Crippen LogP contribution in [0.1, 0.15) is 208 Å². The van der Waals surface area contributed by atoms with Crippen molar-refractivity contribution < 1.29 is 122 Å². The Morgan fingerprint density at radius 1 is 0.400 bits per heavy atom. The van der Waals surface area contributed by atoms with E-state index in [2.05, 4.69) is 52.7 Å². The number of ketones is 3. The molecular weight excluding hydrogens is 1370 g/mol. The number of nitrogens with one attached hydrogen (secondary N) is 6. The lowest BCUT2D eigenvalue weighted by atomic mass is 9.92. The minimum Gasteiger partial charge on any atom is -0.394 e. The van der Waals surface area contributed by atoms with Crippen LogP contribution in [-0.2, 0) is 76.3 Å². The summed E-state index contributed by atoms with van der Waals surface area (Å²) in [5.41, 5.74) is 0. The third kappa shape index (κ3) is 41.5. The summed E-state index contributed by atoms with van der Waals surface area (Å²) in [7, 11) is 1.51. The molecule has 3 fully saturated rings. The number of amides is 6. The Morgan fingerprint density at radius 3 is 1.21 bits per heavy atom. The molecule has 15 N–H and O–H groups in total. The Hall–Kier alpha value is -4.85. The van der Waals surface area contributed by atoms with Gasteiger partial charge in [-0.15, -0.1) is 0 Å². The first-order valence-electron chi connectivity index (χ1n) is 38.3. The quantitative estimate of drug-likeness (QED) is 0.0370. The molecule has 3 rings (SSSR count). The fourth-order valence-corrected chi connectivity index (χ4v) is 12.0. The minimum absolute atomic E-state index is 0.000279. The number of hydrogen-bond donors (Lipinski definition) is 15. The van der Waals surface area contributed by atoms with Gasteiger partial charge in [-0.25, -0.2) is 0 Å². The van der Waals surface area contributed by atoms with Crippen LogP contribution in [0, 0.1) is 17.8 Å². The summed E-state index contributed by atoms with van der Waals surface area (Å²) in [5, 5.41) is 107. The van der Waals surface area contributed by atoms with Crippen molar-refractivity contribution in [3.63, 3.8) is 0 Å². The number of rotatable bonds is 57. The Bertz CT molecular complexity index is 2430. The Kier molecular flexibility index (Phi) is 52.5. The third-order valence-electron chi connectivity index (χ3n) is 18.2. The summed E-state index contributed by atoms with van der Waals surface area (Å²) < 4.78 is 39.1. The Balaban J connectivity index is 0.00000911. The Labute approximate surface area is 620 Å². The molecule has 6 amide bonds. The lowest BCUT2D eigenvalue weighted by Crippen LogP contribution is -2.64. The fourth-order valence-electron chi connectivity index (χ4n) is 12.0. The predicted molar refractivity (Wildman–Crippen MR) is 385 cm³/mol. The van der Waals surface area contributed by atoms with Crippen LogP contribution >= 0.6 is 0 Å². The molecule has 3 heterocycles. The molecule has 0 bridgehead atoms. The van der Waals surface area contributed by atoms with Crippen LogP contribution in [0.25, 0.3) is 0 Å². The number of aliphatic hydroxyl groups excluding tert-OH is 9. The van der Waals surface area contributed by atoms with Gasteiger partial charge in [0.1, 0.15) is 66.1 Å². The summed E-state index contributed by atoms with van der Waals surface area (Å²) in [6.45, 7) is 11.3. The molecule has 3 saturated heterocycles. The Morgan fingerprint density at radius 2 is 0.771 bits per heavy atom. The van der Waals surface area contributed by atoms with E-state index in [0.717, 1.165) is 5.92 Å². The van der Waals surface area contributed by atoms with Crippen LogP contribution < -0.4 is 31.9 Å². The molecule has 610 valence electrons. The maximum absolute atomic E-state index is 14.4. The second-order valence-corrected chi connectivity index (χ2v) is 28.4. The normalized spacial score (nSPS) is 24.8. The minimum atomic E-state index is -1.44. The van der Waals surface area contributed by atoms with E-state index in [-0.39, 0.29) is 158 Å². The van der Waals surface area contributed by atoms with Crippen molar-refractivity contribution in [2.75, 3.05) is 99.2 Å². The first-order chi connectivity index (χ1) is 50.2. The second-order valence-electron chi connectivity index (χ2n) is 28.4. The molecule has 3 aliphatic heterocycles. The average Bonchev–Trinajstić information content (AvgIpc) is 0.823. The van der Waals surface area contributed by atoms with Crippen LogP contribution in [-0.4, -0.2) is 289 Å². The van der Waals surface area contributed by atoms with E-state index in [1.165, 1.54) is 14.0 Å². The zero-order valence-corrected chi connectivity index (χ0v) is 63.6. The highest BCUT2D eigenvalue weighted by Gasteiger charge is 2.46. The van der Waals surface area contributed by atoms with Crippen LogP contribution in [0.2, 0.25) is 0 Å². The second kappa shape index (κ2) is 57.3. The number of nitrogens with zero attached hydrogens (tertiary/aromatic N) is 1. The molecule has 0 aromatic carbocycles. The van der Waals surface area contributed by atoms with Gasteiger partial charge in [0.2, 0.25) is 35.4 Å². The number of carbonyl (C=O) groups is 9. The van der Waals surface area contributed by atoms with Gasteiger partial charge in [-0.05, 0) is 102 Å². The topological polar surface area (TPSA) is 476 Å². The van der Waals surface area contributed by atoms with E-state index in [1.807, 2.05) is 0 Å². The molecule has 105 heavy (non-hydrogen) atoms. The van der Waals surface area contributed by atoms with Crippen molar-refractivity contribution in [3.8, 4) is 0 Å². The summed E-state index contributed by atoms with van der Waals surface area (Å²) in [4.78, 5) is 119. The molecule has 0 radical (unpaired) electrons. The highest BCUT2D eigenvalue weighted by molar-refractivity contribution is 5.88. The van der Waals surface area contributed by atoms with Gasteiger partial charge >= 0.3 is 0 Å². The molecule has 32 nitrogen and oxygen atoms in total. The summed E-state index contributed by atoms with van der Waals surface area (Å²) in [5.74, 6) is -2.36. The van der Waals surface area contributed by atoms with Crippen molar-refractivity contribution in [2.24, 2.45) is 17.8 Å². The molecular formula is C73H133N7O25. The number of methoxy groups -OCH3 is 1. The molecule has 16 atom stereocenters. The third-order valence-corrected chi connectivity index (χ3v) is 18.2. The lowest BCUT2D eigenvalue weighted by molar-refractivity contribution is -0.282. The molecule has 3 aliphatic rings. The van der Waals surface area contributed by atoms with Crippen LogP contribution in [0.15, 0.2) is 0 Å². The van der Waals surface area contributed by atoms with Gasteiger partial charge in [-0.1, -0.05) is 53.9 Å². The highest BCUT2D eigenvalue weighted by Crippen LogP contribution is 2.29. The smallest absolute Gasteiger partial charge is 0.234 e. The van der Waals surface area contributed by atoms with Crippen molar-refractivity contribution in [3.05, 3.63) is 0 Å². The molecule has 0 saturated carbocycles. The first kappa shape index (κ1) is 96.2. The summed E-state index contributed by atoms with van der Waals surface area (Å²) in [6.07, 6.45) is -2.98. The molecule has 0 spiro atoms. The molecule has 32 heteroatoms. The monoisotopic (exact) mass is 1510 g/mol.